The molecular formula is C16H24N2O2. The van der Waals surface area contributed by atoms with E-state index in [9.17, 15) is 9.90 Å². The SMILES string of the molecule is CC1CCC(Nc2cc(C(=O)O)cc(C(C)(C)C)n2)C1. The van der Waals surface area contributed by atoms with E-state index in [-0.39, 0.29) is 5.41 Å². The average molecular weight is 276 g/mol. The van der Waals surface area contributed by atoms with Gasteiger partial charge in [-0.2, -0.15) is 0 Å². The zero-order chi connectivity index (χ0) is 14.9. The van der Waals surface area contributed by atoms with E-state index in [0.717, 1.165) is 24.5 Å². The monoisotopic (exact) mass is 276 g/mol. The summed E-state index contributed by atoms with van der Waals surface area (Å²) in [6.07, 6.45) is 3.48. The van der Waals surface area contributed by atoms with E-state index in [1.165, 1.54) is 6.42 Å². The van der Waals surface area contributed by atoms with Crippen LogP contribution in [0.25, 0.3) is 0 Å². The van der Waals surface area contributed by atoms with Crippen molar-refractivity contribution < 1.29 is 9.90 Å². The van der Waals surface area contributed by atoms with E-state index in [1.807, 2.05) is 20.8 Å². The Labute approximate surface area is 120 Å². The highest BCUT2D eigenvalue weighted by Gasteiger charge is 2.23. The van der Waals surface area contributed by atoms with Crippen LogP contribution in [0.4, 0.5) is 5.82 Å². The molecule has 1 aromatic rings. The van der Waals surface area contributed by atoms with Crippen LogP contribution in [-0.2, 0) is 5.41 Å². The number of carbonyl (C=O) groups is 1. The van der Waals surface area contributed by atoms with Crippen LogP contribution < -0.4 is 5.32 Å². The molecule has 0 aliphatic heterocycles. The molecule has 1 saturated carbocycles. The van der Waals surface area contributed by atoms with Gasteiger partial charge in [-0.1, -0.05) is 27.7 Å². The Bertz CT molecular complexity index is 506. The van der Waals surface area contributed by atoms with Gasteiger partial charge < -0.3 is 10.4 Å². The van der Waals surface area contributed by atoms with Crippen molar-refractivity contribution >= 4 is 11.8 Å². The number of pyridine rings is 1. The summed E-state index contributed by atoms with van der Waals surface area (Å²) in [4.78, 5) is 15.9. The first-order valence-electron chi connectivity index (χ1n) is 7.28. The van der Waals surface area contributed by atoms with Gasteiger partial charge in [-0.3, -0.25) is 0 Å². The maximum atomic E-state index is 11.3. The van der Waals surface area contributed by atoms with Crippen molar-refractivity contribution in [3.8, 4) is 0 Å². The fourth-order valence-corrected chi connectivity index (χ4v) is 2.66. The molecule has 2 N–H and O–H groups in total. The van der Waals surface area contributed by atoms with E-state index >= 15 is 0 Å². The second kappa shape index (κ2) is 5.43. The standard InChI is InChI=1S/C16H24N2O2/c1-10-5-6-12(7-10)17-14-9-11(15(19)20)8-13(18-14)16(2,3)4/h8-10,12H,5-7H2,1-4H3,(H,17,18)(H,19,20). The van der Waals surface area contributed by atoms with Crippen molar-refractivity contribution in [2.24, 2.45) is 5.92 Å². The molecule has 0 amide bonds. The van der Waals surface area contributed by atoms with Gasteiger partial charge in [-0.05, 0) is 37.3 Å². The fourth-order valence-electron chi connectivity index (χ4n) is 2.66. The molecule has 110 valence electrons. The number of nitrogens with zero attached hydrogens (tertiary/aromatic N) is 1. The summed E-state index contributed by atoms with van der Waals surface area (Å²) in [7, 11) is 0. The summed E-state index contributed by atoms with van der Waals surface area (Å²) in [5.41, 5.74) is 0.953. The number of carboxylic acids is 1. The topological polar surface area (TPSA) is 62.2 Å². The maximum absolute atomic E-state index is 11.3. The molecule has 20 heavy (non-hydrogen) atoms. The van der Waals surface area contributed by atoms with E-state index in [0.29, 0.717) is 17.4 Å². The quantitative estimate of drug-likeness (QED) is 0.884. The van der Waals surface area contributed by atoms with Crippen LogP contribution in [0.5, 0.6) is 0 Å². The summed E-state index contributed by atoms with van der Waals surface area (Å²) in [6.45, 7) is 8.39. The highest BCUT2D eigenvalue weighted by atomic mass is 16.4. The van der Waals surface area contributed by atoms with Crippen LogP contribution in [0.3, 0.4) is 0 Å². The number of anilines is 1. The molecule has 0 spiro atoms. The molecule has 4 heteroatoms. The van der Waals surface area contributed by atoms with Gasteiger partial charge in [0.25, 0.3) is 0 Å². The summed E-state index contributed by atoms with van der Waals surface area (Å²) in [5.74, 6) is 0.520. The zero-order valence-corrected chi connectivity index (χ0v) is 12.7. The minimum Gasteiger partial charge on any atom is -0.478 e. The second-order valence-corrected chi connectivity index (χ2v) is 6.94. The average Bonchev–Trinajstić information content (AvgIpc) is 2.73. The summed E-state index contributed by atoms with van der Waals surface area (Å²) >= 11 is 0. The minimum atomic E-state index is -0.902. The van der Waals surface area contributed by atoms with Crippen LogP contribution in [-0.4, -0.2) is 22.1 Å². The van der Waals surface area contributed by atoms with Gasteiger partial charge in [0.15, 0.2) is 0 Å². The van der Waals surface area contributed by atoms with Crippen molar-refractivity contribution in [1.29, 1.82) is 0 Å². The third kappa shape index (κ3) is 3.50. The molecule has 2 rings (SSSR count). The highest BCUT2D eigenvalue weighted by Crippen LogP contribution is 2.29. The molecule has 2 unspecified atom stereocenters. The third-order valence-corrected chi connectivity index (χ3v) is 3.89. The van der Waals surface area contributed by atoms with E-state index in [4.69, 9.17) is 0 Å². The lowest BCUT2D eigenvalue weighted by atomic mass is 9.90. The largest absolute Gasteiger partial charge is 0.478 e. The van der Waals surface area contributed by atoms with Crippen LogP contribution in [0.2, 0.25) is 0 Å². The second-order valence-electron chi connectivity index (χ2n) is 6.94. The molecule has 1 aliphatic rings. The lowest BCUT2D eigenvalue weighted by Gasteiger charge is -2.21. The zero-order valence-electron chi connectivity index (χ0n) is 12.7. The number of aromatic nitrogens is 1. The lowest BCUT2D eigenvalue weighted by Crippen LogP contribution is -2.20. The van der Waals surface area contributed by atoms with Crippen LogP contribution in [0, 0.1) is 5.92 Å². The Kier molecular flexibility index (Phi) is 4.02. The van der Waals surface area contributed by atoms with Crippen molar-refractivity contribution in [1.82, 2.24) is 4.98 Å². The molecule has 2 atom stereocenters. The fraction of sp³-hybridized carbons (Fsp3) is 0.625. The number of nitrogens with one attached hydrogen (secondary N) is 1. The van der Waals surface area contributed by atoms with Crippen molar-refractivity contribution in [2.45, 2.75) is 58.4 Å². The number of hydrogen-bond donors (Lipinski definition) is 2. The Morgan fingerprint density at radius 2 is 2.05 bits per heavy atom. The smallest absolute Gasteiger partial charge is 0.335 e. The Morgan fingerprint density at radius 3 is 2.55 bits per heavy atom. The van der Waals surface area contributed by atoms with Gasteiger partial charge in [-0.25, -0.2) is 9.78 Å². The first-order valence-corrected chi connectivity index (χ1v) is 7.28. The van der Waals surface area contributed by atoms with Gasteiger partial charge in [0.2, 0.25) is 0 Å². The molecule has 0 bridgehead atoms. The molecule has 1 heterocycles. The third-order valence-electron chi connectivity index (χ3n) is 3.89. The van der Waals surface area contributed by atoms with Gasteiger partial charge in [0.1, 0.15) is 5.82 Å². The molecule has 1 aromatic heterocycles. The van der Waals surface area contributed by atoms with Crippen LogP contribution >= 0.6 is 0 Å². The predicted molar refractivity (Wildman–Crippen MR) is 80.3 cm³/mol. The number of rotatable bonds is 3. The molecule has 1 aliphatic carbocycles. The first-order chi connectivity index (χ1) is 9.25. The van der Waals surface area contributed by atoms with Crippen molar-refractivity contribution in [2.75, 3.05) is 5.32 Å². The van der Waals surface area contributed by atoms with Gasteiger partial charge in [0.05, 0.1) is 5.56 Å². The summed E-state index contributed by atoms with van der Waals surface area (Å²) < 4.78 is 0. The Balaban J connectivity index is 2.27. The minimum absolute atomic E-state index is 0.162. The van der Waals surface area contributed by atoms with Gasteiger partial charge >= 0.3 is 5.97 Å². The molecular weight excluding hydrogens is 252 g/mol. The Morgan fingerprint density at radius 1 is 1.35 bits per heavy atom. The van der Waals surface area contributed by atoms with Gasteiger partial charge in [-0.15, -0.1) is 0 Å². The Hall–Kier alpha value is -1.58. The van der Waals surface area contributed by atoms with E-state index < -0.39 is 5.97 Å². The molecule has 1 fully saturated rings. The summed E-state index contributed by atoms with van der Waals surface area (Å²) in [6, 6.07) is 3.72. The number of aromatic carboxylic acids is 1. The maximum Gasteiger partial charge on any atom is 0.335 e. The van der Waals surface area contributed by atoms with Crippen molar-refractivity contribution in [3.63, 3.8) is 0 Å². The van der Waals surface area contributed by atoms with Crippen LogP contribution in [0.1, 0.15) is 63.0 Å². The van der Waals surface area contributed by atoms with E-state index in [1.54, 1.807) is 12.1 Å². The predicted octanol–water partition coefficient (Wildman–Crippen LogP) is 3.68. The molecule has 0 radical (unpaired) electrons. The molecule has 0 saturated heterocycles. The molecule has 4 nitrogen and oxygen atoms in total. The highest BCUT2D eigenvalue weighted by molar-refractivity contribution is 5.88. The molecule has 0 aromatic carbocycles. The van der Waals surface area contributed by atoms with Gasteiger partial charge in [0, 0.05) is 17.2 Å². The van der Waals surface area contributed by atoms with Crippen molar-refractivity contribution in [3.05, 3.63) is 23.4 Å². The normalized spacial score (nSPS) is 22.8. The lowest BCUT2D eigenvalue weighted by molar-refractivity contribution is 0.0696. The van der Waals surface area contributed by atoms with E-state index in [2.05, 4.69) is 17.2 Å². The number of carboxylic acid groups (broad SMARTS) is 1. The first kappa shape index (κ1) is 14.8. The van der Waals surface area contributed by atoms with Crippen LogP contribution in [0.15, 0.2) is 12.1 Å². The number of hydrogen-bond acceptors (Lipinski definition) is 3. The summed E-state index contributed by atoms with van der Waals surface area (Å²) in [5, 5.41) is 12.7.